The van der Waals surface area contributed by atoms with Crippen LogP contribution >= 0.6 is 0 Å². The Kier molecular flexibility index (Phi) is 6.04. The van der Waals surface area contributed by atoms with Gasteiger partial charge in [-0.2, -0.15) is 8.42 Å². The summed E-state index contributed by atoms with van der Waals surface area (Å²) >= 11 is 0. The first-order valence-corrected chi connectivity index (χ1v) is 11.1. The van der Waals surface area contributed by atoms with Gasteiger partial charge in [-0.15, -0.1) is 0 Å². The van der Waals surface area contributed by atoms with E-state index in [0.717, 1.165) is 30.4 Å². The first-order chi connectivity index (χ1) is 12.9. The molecule has 0 spiro atoms. The second-order valence-corrected chi connectivity index (χ2v) is 8.99. The smallest absolute Gasteiger partial charge is 0.297 e. The van der Waals surface area contributed by atoms with Crippen LogP contribution in [-0.4, -0.2) is 20.1 Å². The minimum Gasteiger partial charge on any atom is -0.384 e. The van der Waals surface area contributed by atoms with Crippen molar-refractivity contribution in [3.8, 4) is 0 Å². The maximum Gasteiger partial charge on any atom is 0.297 e. The average molecular weight is 389 g/mol. The van der Waals surface area contributed by atoms with Crippen molar-refractivity contribution in [1.82, 2.24) is 0 Å². The van der Waals surface area contributed by atoms with Crippen molar-refractivity contribution in [3.63, 3.8) is 0 Å². The van der Waals surface area contributed by atoms with E-state index < -0.39 is 15.7 Å². The van der Waals surface area contributed by atoms with Gasteiger partial charge in [0.1, 0.15) is 4.90 Å². The van der Waals surface area contributed by atoms with Crippen molar-refractivity contribution in [2.24, 2.45) is 0 Å². The van der Waals surface area contributed by atoms with Crippen LogP contribution in [0.25, 0.3) is 0 Å². The Hall–Kier alpha value is -1.69. The van der Waals surface area contributed by atoms with Gasteiger partial charge < -0.3 is 5.11 Å². The fraction of sp³-hybridized carbons (Fsp3) is 0.455. The molecule has 0 heterocycles. The molecule has 0 saturated heterocycles. The Balaban J connectivity index is 2.14. The fourth-order valence-electron chi connectivity index (χ4n) is 4.06. The molecule has 1 N–H and O–H groups in total. The molecular formula is C22H28O4S. The second-order valence-electron chi connectivity index (χ2n) is 7.41. The molecule has 2 aromatic rings. The summed E-state index contributed by atoms with van der Waals surface area (Å²) < 4.78 is 30.8. The van der Waals surface area contributed by atoms with Gasteiger partial charge in [-0.05, 0) is 37.8 Å². The average Bonchev–Trinajstić information content (AvgIpc) is 2.67. The summed E-state index contributed by atoms with van der Waals surface area (Å²) in [4.78, 5) is 0.0897. The third-order valence-electron chi connectivity index (χ3n) is 5.39. The highest BCUT2D eigenvalue weighted by Gasteiger charge is 2.44. The summed E-state index contributed by atoms with van der Waals surface area (Å²) in [6.07, 6.45) is 3.85. The summed E-state index contributed by atoms with van der Waals surface area (Å²) in [6, 6.07) is 15.0. The highest BCUT2D eigenvalue weighted by molar-refractivity contribution is 7.86. The second kappa shape index (κ2) is 8.13. The van der Waals surface area contributed by atoms with E-state index in [1.54, 1.807) is 12.1 Å². The predicted molar refractivity (Wildman–Crippen MR) is 106 cm³/mol. The van der Waals surface area contributed by atoms with Crippen molar-refractivity contribution < 1.29 is 17.7 Å². The Labute approximate surface area is 162 Å². The molecule has 0 bridgehead atoms. The van der Waals surface area contributed by atoms with Gasteiger partial charge in [0.15, 0.2) is 0 Å². The van der Waals surface area contributed by atoms with Crippen LogP contribution in [0.3, 0.4) is 0 Å². The van der Waals surface area contributed by atoms with Gasteiger partial charge in [0, 0.05) is 11.5 Å². The van der Waals surface area contributed by atoms with Gasteiger partial charge >= 0.3 is 0 Å². The molecule has 4 nitrogen and oxygen atoms in total. The van der Waals surface area contributed by atoms with Gasteiger partial charge in [0.25, 0.3) is 10.1 Å². The van der Waals surface area contributed by atoms with Gasteiger partial charge in [-0.3, -0.25) is 4.18 Å². The van der Waals surface area contributed by atoms with Crippen LogP contribution in [-0.2, 0) is 19.9 Å². The first-order valence-electron chi connectivity index (χ1n) is 9.66. The molecule has 1 aliphatic rings. The van der Waals surface area contributed by atoms with Crippen molar-refractivity contribution >= 4 is 10.1 Å². The molecule has 3 rings (SSSR count). The topological polar surface area (TPSA) is 63.6 Å². The van der Waals surface area contributed by atoms with E-state index in [9.17, 15) is 13.5 Å². The van der Waals surface area contributed by atoms with E-state index in [2.05, 4.69) is 0 Å². The number of hydrogen-bond acceptors (Lipinski definition) is 4. The summed E-state index contributed by atoms with van der Waals surface area (Å²) in [7, 11) is -3.92. The monoisotopic (exact) mass is 388 g/mol. The van der Waals surface area contributed by atoms with E-state index >= 15 is 0 Å². The molecule has 1 saturated carbocycles. The number of aryl methyl sites for hydroxylation is 1. The standard InChI is InChI=1S/C22H28O4S/c1-3-15-26-27(24,25)21-13-12-17(2)16-20(21)22(23)14-8-7-11-19(22)18-9-5-4-6-10-18/h4-6,9-10,12-13,16,19,23H,3,7-8,11,14-15H2,1-2H3. The molecular weight excluding hydrogens is 360 g/mol. The highest BCUT2D eigenvalue weighted by Crippen LogP contribution is 2.49. The van der Waals surface area contributed by atoms with Crippen LogP contribution in [0, 0.1) is 6.92 Å². The summed E-state index contributed by atoms with van der Waals surface area (Å²) in [6.45, 7) is 3.92. The van der Waals surface area contributed by atoms with E-state index in [-0.39, 0.29) is 17.4 Å². The number of rotatable bonds is 6. The zero-order chi connectivity index (χ0) is 19.5. The lowest BCUT2D eigenvalue weighted by Gasteiger charge is -2.41. The summed E-state index contributed by atoms with van der Waals surface area (Å²) in [5.74, 6) is -0.144. The lowest BCUT2D eigenvalue weighted by Crippen LogP contribution is -2.38. The highest BCUT2D eigenvalue weighted by atomic mass is 32.2. The molecule has 27 heavy (non-hydrogen) atoms. The molecule has 0 radical (unpaired) electrons. The van der Waals surface area contributed by atoms with Crippen molar-refractivity contribution in [3.05, 3.63) is 65.2 Å². The van der Waals surface area contributed by atoms with Gasteiger partial charge in [0.05, 0.1) is 12.2 Å². The fourth-order valence-corrected chi connectivity index (χ4v) is 5.32. The van der Waals surface area contributed by atoms with Crippen LogP contribution < -0.4 is 0 Å². The van der Waals surface area contributed by atoms with Gasteiger partial charge in [0.2, 0.25) is 0 Å². The Morgan fingerprint density at radius 2 is 1.89 bits per heavy atom. The molecule has 2 unspecified atom stereocenters. The Morgan fingerprint density at radius 3 is 2.59 bits per heavy atom. The molecule has 1 fully saturated rings. The van der Waals surface area contributed by atoms with Crippen LogP contribution in [0.5, 0.6) is 0 Å². The largest absolute Gasteiger partial charge is 0.384 e. The van der Waals surface area contributed by atoms with Crippen LogP contribution in [0.4, 0.5) is 0 Å². The lowest BCUT2D eigenvalue weighted by atomic mass is 9.68. The summed E-state index contributed by atoms with van der Waals surface area (Å²) in [5, 5.41) is 11.8. The molecule has 1 aliphatic carbocycles. The van der Waals surface area contributed by atoms with E-state index in [1.807, 2.05) is 50.2 Å². The maximum absolute atomic E-state index is 12.8. The van der Waals surface area contributed by atoms with Crippen LogP contribution in [0.1, 0.15) is 61.6 Å². The summed E-state index contributed by atoms with van der Waals surface area (Å²) in [5.41, 5.74) is 1.19. The minimum absolute atomic E-state index is 0.0897. The van der Waals surface area contributed by atoms with E-state index in [1.165, 1.54) is 0 Å². The van der Waals surface area contributed by atoms with Crippen molar-refractivity contribution in [1.29, 1.82) is 0 Å². The van der Waals surface area contributed by atoms with Crippen molar-refractivity contribution in [2.75, 3.05) is 6.61 Å². The quantitative estimate of drug-likeness (QED) is 0.731. The Bertz CT molecular complexity index is 876. The first kappa shape index (κ1) is 20.1. The minimum atomic E-state index is -3.92. The molecule has 5 heteroatoms. The molecule has 2 atom stereocenters. The van der Waals surface area contributed by atoms with Crippen LogP contribution in [0.15, 0.2) is 53.4 Å². The SMILES string of the molecule is CCCOS(=O)(=O)c1ccc(C)cc1C1(O)CCCCC1c1ccccc1. The maximum atomic E-state index is 12.8. The zero-order valence-electron chi connectivity index (χ0n) is 16.0. The van der Waals surface area contributed by atoms with Crippen molar-refractivity contribution in [2.45, 2.75) is 62.4 Å². The number of aliphatic hydroxyl groups is 1. The third-order valence-corrected chi connectivity index (χ3v) is 6.76. The van der Waals surface area contributed by atoms with Gasteiger partial charge in [-0.1, -0.05) is 67.8 Å². The van der Waals surface area contributed by atoms with E-state index in [0.29, 0.717) is 18.4 Å². The predicted octanol–water partition coefficient (Wildman–Crippen LogP) is 4.66. The Morgan fingerprint density at radius 1 is 1.15 bits per heavy atom. The lowest BCUT2D eigenvalue weighted by molar-refractivity contribution is -0.0251. The molecule has 0 amide bonds. The third kappa shape index (κ3) is 4.10. The van der Waals surface area contributed by atoms with Crippen LogP contribution in [0.2, 0.25) is 0 Å². The molecule has 2 aromatic carbocycles. The molecule has 0 aromatic heterocycles. The number of hydrogen-bond donors (Lipinski definition) is 1. The number of benzene rings is 2. The van der Waals surface area contributed by atoms with E-state index in [4.69, 9.17) is 4.18 Å². The molecule has 0 aliphatic heterocycles. The molecule has 146 valence electrons. The normalized spacial score (nSPS) is 23.3. The van der Waals surface area contributed by atoms with Gasteiger partial charge in [-0.25, -0.2) is 0 Å². The zero-order valence-corrected chi connectivity index (χ0v) is 16.8.